The summed E-state index contributed by atoms with van der Waals surface area (Å²) >= 11 is 0. The molecule has 1 saturated heterocycles. The maximum Gasteiger partial charge on any atom is 0.242 e. The first-order valence-corrected chi connectivity index (χ1v) is 7.13. The zero-order chi connectivity index (χ0) is 14.6. The molecule has 0 spiro atoms. The van der Waals surface area contributed by atoms with Crippen LogP contribution in [0.15, 0.2) is 6.20 Å². The molecule has 3 heterocycles. The monoisotopic (exact) mass is 287 g/mol. The third kappa shape index (κ3) is 1.98. The van der Waals surface area contributed by atoms with Crippen LogP contribution in [0.5, 0.6) is 0 Å². The molecule has 1 aliphatic heterocycles. The van der Waals surface area contributed by atoms with Gasteiger partial charge in [0.05, 0.1) is 11.6 Å². The first-order valence-electron chi connectivity index (χ1n) is 7.13. The van der Waals surface area contributed by atoms with Crippen LogP contribution in [-0.2, 0) is 11.8 Å². The highest BCUT2D eigenvalue weighted by Gasteiger charge is 2.36. The Hall–Kier alpha value is -2.38. The number of anilines is 2. The van der Waals surface area contributed by atoms with Crippen LogP contribution in [0.3, 0.4) is 0 Å². The van der Waals surface area contributed by atoms with Crippen LogP contribution in [0.1, 0.15) is 12.8 Å². The van der Waals surface area contributed by atoms with Gasteiger partial charge in [0.2, 0.25) is 11.9 Å². The van der Waals surface area contributed by atoms with Crippen molar-refractivity contribution in [3.63, 3.8) is 0 Å². The van der Waals surface area contributed by atoms with Crippen molar-refractivity contribution in [3.8, 4) is 0 Å². The van der Waals surface area contributed by atoms with Gasteiger partial charge < -0.3 is 15.5 Å². The van der Waals surface area contributed by atoms with Crippen molar-refractivity contribution >= 4 is 28.7 Å². The number of rotatable bonds is 2. The van der Waals surface area contributed by atoms with Crippen molar-refractivity contribution < 1.29 is 4.79 Å². The number of nitrogens with two attached hydrogens (primary N) is 1. The van der Waals surface area contributed by atoms with Gasteiger partial charge in [-0.1, -0.05) is 0 Å². The summed E-state index contributed by atoms with van der Waals surface area (Å²) in [6.45, 7) is 1.79. The predicted octanol–water partition coefficient (Wildman–Crippen LogP) is -0.243. The Labute approximate surface area is 121 Å². The summed E-state index contributed by atoms with van der Waals surface area (Å²) in [6.07, 6.45) is 3.93. The van der Waals surface area contributed by atoms with Crippen molar-refractivity contribution in [3.05, 3.63) is 6.20 Å². The molecule has 2 aromatic heterocycles. The molecule has 0 bridgehead atoms. The fourth-order valence-electron chi connectivity index (χ4n) is 2.80. The Morgan fingerprint density at radius 3 is 2.81 bits per heavy atom. The van der Waals surface area contributed by atoms with E-state index in [-0.39, 0.29) is 5.91 Å². The molecule has 0 radical (unpaired) electrons. The first-order chi connectivity index (χ1) is 10.1. The van der Waals surface area contributed by atoms with E-state index in [0.29, 0.717) is 30.0 Å². The van der Waals surface area contributed by atoms with Crippen molar-refractivity contribution in [1.29, 1.82) is 0 Å². The summed E-state index contributed by atoms with van der Waals surface area (Å²) in [5.74, 6) is 1.06. The van der Waals surface area contributed by atoms with E-state index in [4.69, 9.17) is 5.73 Å². The van der Waals surface area contributed by atoms with Crippen molar-refractivity contribution in [2.45, 2.75) is 18.9 Å². The third-order valence-electron chi connectivity index (χ3n) is 4.14. The highest BCUT2D eigenvalue weighted by Crippen LogP contribution is 2.29. The third-order valence-corrected chi connectivity index (χ3v) is 4.14. The lowest BCUT2D eigenvalue weighted by Gasteiger charge is -2.34. The summed E-state index contributed by atoms with van der Waals surface area (Å²) in [5, 5.41) is 4.88. The normalized spacial score (nSPS) is 19.6. The van der Waals surface area contributed by atoms with E-state index in [0.717, 1.165) is 31.3 Å². The summed E-state index contributed by atoms with van der Waals surface area (Å²) in [6, 6.07) is 0.463. The zero-order valence-electron chi connectivity index (χ0n) is 11.9. The van der Waals surface area contributed by atoms with Crippen LogP contribution < -0.4 is 10.6 Å². The van der Waals surface area contributed by atoms with E-state index in [1.807, 2.05) is 16.8 Å². The van der Waals surface area contributed by atoms with Crippen LogP contribution >= 0.6 is 0 Å². The number of carbonyl (C=O) groups excluding carboxylic acids is 1. The van der Waals surface area contributed by atoms with Gasteiger partial charge in [0.25, 0.3) is 0 Å². The van der Waals surface area contributed by atoms with Crippen molar-refractivity contribution in [2.24, 2.45) is 7.05 Å². The van der Waals surface area contributed by atoms with Crippen molar-refractivity contribution in [1.82, 2.24) is 24.6 Å². The number of hydrogen-bond donors (Lipinski definition) is 1. The highest BCUT2D eigenvalue weighted by atomic mass is 16.2. The minimum Gasteiger partial charge on any atom is -0.383 e. The van der Waals surface area contributed by atoms with Crippen LogP contribution in [0.25, 0.3) is 11.0 Å². The van der Waals surface area contributed by atoms with Crippen LogP contribution in [-0.4, -0.2) is 56.2 Å². The first kappa shape index (κ1) is 12.4. The minimum absolute atomic E-state index is 0.149. The number of amides is 1. The Bertz CT molecular complexity index is 721. The van der Waals surface area contributed by atoms with E-state index < -0.39 is 0 Å². The summed E-state index contributed by atoms with van der Waals surface area (Å²) in [7, 11) is 1.81. The van der Waals surface area contributed by atoms with E-state index in [9.17, 15) is 4.79 Å². The van der Waals surface area contributed by atoms with Crippen LogP contribution in [0.2, 0.25) is 0 Å². The largest absolute Gasteiger partial charge is 0.383 e. The van der Waals surface area contributed by atoms with E-state index in [2.05, 4.69) is 15.1 Å². The quantitative estimate of drug-likeness (QED) is 0.819. The van der Waals surface area contributed by atoms with Crippen LogP contribution in [0, 0.1) is 0 Å². The number of nitrogens with zero attached hydrogens (tertiary/aromatic N) is 6. The highest BCUT2D eigenvalue weighted by molar-refractivity contribution is 5.87. The molecule has 4 rings (SSSR count). The number of piperazine rings is 1. The second-order valence-corrected chi connectivity index (χ2v) is 5.65. The smallest absolute Gasteiger partial charge is 0.242 e. The molecule has 1 aliphatic carbocycles. The SMILES string of the molecule is Cn1ncc2c(N)nc(N3CCN(C4CC4)C(=O)C3)nc21. The fourth-order valence-corrected chi connectivity index (χ4v) is 2.80. The number of nitrogen functional groups attached to an aromatic ring is 1. The maximum absolute atomic E-state index is 12.2. The summed E-state index contributed by atoms with van der Waals surface area (Å²) in [4.78, 5) is 24.9. The molecule has 2 N–H and O–H groups in total. The molecule has 8 nitrogen and oxygen atoms in total. The number of fused-ring (bicyclic) bond motifs is 1. The summed E-state index contributed by atoms with van der Waals surface area (Å²) in [5.41, 5.74) is 6.66. The molecule has 2 aromatic rings. The molecule has 2 fully saturated rings. The second kappa shape index (κ2) is 4.31. The Kier molecular flexibility index (Phi) is 2.54. The van der Waals surface area contributed by atoms with Gasteiger partial charge in [0, 0.05) is 26.2 Å². The topological polar surface area (TPSA) is 93.2 Å². The van der Waals surface area contributed by atoms with E-state index in [1.165, 1.54) is 0 Å². The molecule has 1 saturated carbocycles. The molecule has 1 amide bonds. The molecule has 0 atom stereocenters. The average molecular weight is 287 g/mol. The van der Waals surface area contributed by atoms with E-state index in [1.54, 1.807) is 10.9 Å². The van der Waals surface area contributed by atoms with Crippen LogP contribution in [0.4, 0.5) is 11.8 Å². The van der Waals surface area contributed by atoms with Gasteiger partial charge in [-0.15, -0.1) is 0 Å². The van der Waals surface area contributed by atoms with E-state index >= 15 is 0 Å². The number of hydrogen-bond acceptors (Lipinski definition) is 6. The van der Waals surface area contributed by atoms with Gasteiger partial charge in [-0.2, -0.15) is 15.1 Å². The van der Waals surface area contributed by atoms with Gasteiger partial charge in [0.1, 0.15) is 12.4 Å². The Balaban J connectivity index is 1.64. The lowest BCUT2D eigenvalue weighted by molar-refractivity contribution is -0.131. The number of carbonyl (C=O) groups is 1. The maximum atomic E-state index is 12.2. The van der Waals surface area contributed by atoms with Gasteiger partial charge in [-0.3, -0.25) is 9.48 Å². The Morgan fingerprint density at radius 1 is 1.29 bits per heavy atom. The standard InChI is InChI=1S/C13H17N7O/c1-18-12-9(6-15-18)11(14)16-13(17-12)19-4-5-20(8-2-3-8)10(21)7-19/h6,8H,2-5,7H2,1H3,(H2,14,16,17). The molecule has 110 valence electrons. The molecule has 8 heteroatoms. The lowest BCUT2D eigenvalue weighted by atomic mass is 10.3. The van der Waals surface area contributed by atoms with Gasteiger partial charge >= 0.3 is 0 Å². The molecule has 0 aromatic carbocycles. The second-order valence-electron chi connectivity index (χ2n) is 5.65. The molecule has 21 heavy (non-hydrogen) atoms. The molecule has 2 aliphatic rings. The van der Waals surface area contributed by atoms with Gasteiger partial charge in [0.15, 0.2) is 5.65 Å². The molecular weight excluding hydrogens is 270 g/mol. The zero-order valence-corrected chi connectivity index (χ0v) is 11.9. The van der Waals surface area contributed by atoms with Crippen molar-refractivity contribution in [2.75, 3.05) is 30.3 Å². The predicted molar refractivity (Wildman–Crippen MR) is 77.7 cm³/mol. The average Bonchev–Trinajstić information content (AvgIpc) is 3.23. The molecule has 0 unspecified atom stereocenters. The Morgan fingerprint density at radius 2 is 2.10 bits per heavy atom. The number of aryl methyl sites for hydroxylation is 1. The summed E-state index contributed by atoms with van der Waals surface area (Å²) < 4.78 is 1.67. The molecular formula is C13H17N7O. The minimum atomic E-state index is 0.149. The fraction of sp³-hybridized carbons (Fsp3) is 0.538. The number of aromatic nitrogens is 4. The van der Waals surface area contributed by atoms with Gasteiger partial charge in [-0.25, -0.2) is 0 Å². The van der Waals surface area contributed by atoms with Gasteiger partial charge in [-0.05, 0) is 12.8 Å². The lowest BCUT2D eigenvalue weighted by Crippen LogP contribution is -2.51.